The van der Waals surface area contributed by atoms with Crippen LogP contribution in [0.3, 0.4) is 0 Å². The summed E-state index contributed by atoms with van der Waals surface area (Å²) < 4.78 is 18.1. The predicted molar refractivity (Wildman–Crippen MR) is 148 cm³/mol. The minimum Gasteiger partial charge on any atom is -0.487 e. The molecule has 0 aliphatic carbocycles. The van der Waals surface area contributed by atoms with E-state index in [1.54, 1.807) is 25.3 Å². The number of nitrogens with zero attached hydrogens (tertiary/aromatic N) is 2. The molecule has 2 aromatic rings. The molecular formula is C30H38N4O5. The monoisotopic (exact) mass is 534 g/mol. The molecule has 0 saturated heterocycles. The fraction of sp³-hybridized carbons (Fsp3) is 0.500. The molecule has 9 heteroatoms. The zero-order valence-corrected chi connectivity index (χ0v) is 23.7. The SMILES string of the molecule is COCC1(C)Oc2ccc(C(=O)N[C@@H]3c4ccccc4OC(C)(C)[C@H]3C)cc2C1N1C(=O)CC(C)(C)N=C1N. The van der Waals surface area contributed by atoms with Crippen LogP contribution in [0.25, 0.3) is 0 Å². The van der Waals surface area contributed by atoms with E-state index in [2.05, 4.69) is 17.2 Å². The second-order valence-electron chi connectivity index (χ2n) is 12.2. The van der Waals surface area contributed by atoms with Crippen LogP contribution in [0.2, 0.25) is 0 Å². The van der Waals surface area contributed by atoms with Gasteiger partial charge >= 0.3 is 0 Å². The Kier molecular flexibility index (Phi) is 6.41. The lowest BCUT2D eigenvalue weighted by molar-refractivity contribution is -0.135. The van der Waals surface area contributed by atoms with Crippen molar-refractivity contribution in [3.63, 3.8) is 0 Å². The molecular weight excluding hydrogens is 496 g/mol. The standard InChI is InChI=1S/C30H38N4O5/c1-17-24(19-10-8-9-11-21(19)38-29(17,4)5)32-26(36)18-12-13-22-20(14-18)25(30(6,39-22)16-37-7)34-23(35)15-28(2,3)33-27(34)31/h8-14,17,24-25H,15-16H2,1-7H3,(H2,31,33)(H,32,36)/t17-,24-,25?,30?/m0/s1. The van der Waals surface area contributed by atoms with Crippen LogP contribution in [0.5, 0.6) is 11.5 Å². The summed E-state index contributed by atoms with van der Waals surface area (Å²) >= 11 is 0. The second kappa shape index (κ2) is 9.26. The van der Waals surface area contributed by atoms with Crippen molar-refractivity contribution >= 4 is 17.8 Å². The summed E-state index contributed by atoms with van der Waals surface area (Å²) in [5, 5.41) is 3.24. The molecule has 0 bridgehead atoms. The highest BCUT2D eigenvalue weighted by atomic mass is 16.5. The van der Waals surface area contributed by atoms with Crippen LogP contribution in [0.4, 0.5) is 0 Å². The second-order valence-corrected chi connectivity index (χ2v) is 12.2. The van der Waals surface area contributed by atoms with Gasteiger partial charge in [-0.3, -0.25) is 14.5 Å². The van der Waals surface area contributed by atoms with Crippen LogP contribution in [-0.4, -0.2) is 53.1 Å². The van der Waals surface area contributed by atoms with E-state index in [0.29, 0.717) is 16.9 Å². The van der Waals surface area contributed by atoms with Crippen molar-refractivity contribution in [1.82, 2.24) is 10.2 Å². The fourth-order valence-corrected chi connectivity index (χ4v) is 6.01. The molecule has 3 heterocycles. The number of nitrogens with two attached hydrogens (primary N) is 1. The Hall–Kier alpha value is -3.59. The molecule has 3 N–H and O–H groups in total. The van der Waals surface area contributed by atoms with Gasteiger partial charge in [-0.15, -0.1) is 0 Å². The van der Waals surface area contributed by atoms with Gasteiger partial charge in [-0.2, -0.15) is 0 Å². The van der Waals surface area contributed by atoms with Crippen molar-refractivity contribution in [1.29, 1.82) is 0 Å². The van der Waals surface area contributed by atoms with Gasteiger partial charge in [0.2, 0.25) is 5.91 Å². The maximum absolute atomic E-state index is 13.7. The van der Waals surface area contributed by atoms with Crippen LogP contribution in [0, 0.1) is 5.92 Å². The Morgan fingerprint density at radius 3 is 2.49 bits per heavy atom. The number of rotatable bonds is 5. The van der Waals surface area contributed by atoms with E-state index in [1.807, 2.05) is 58.9 Å². The lowest BCUT2D eigenvalue weighted by Crippen LogP contribution is -2.57. The topological polar surface area (TPSA) is 115 Å². The van der Waals surface area contributed by atoms with Crippen molar-refractivity contribution in [3.05, 3.63) is 59.2 Å². The van der Waals surface area contributed by atoms with E-state index in [0.717, 1.165) is 11.3 Å². The summed E-state index contributed by atoms with van der Waals surface area (Å²) in [5.41, 5.74) is 6.47. The third-order valence-corrected chi connectivity index (χ3v) is 8.20. The largest absolute Gasteiger partial charge is 0.487 e. The normalized spacial score (nSPS) is 28.5. The lowest BCUT2D eigenvalue weighted by atomic mass is 9.79. The molecule has 2 aromatic carbocycles. The summed E-state index contributed by atoms with van der Waals surface area (Å²) in [6.07, 6.45) is 0.208. The molecule has 0 aromatic heterocycles. The van der Waals surface area contributed by atoms with Gasteiger partial charge in [-0.1, -0.05) is 25.1 Å². The number of hydrogen-bond acceptors (Lipinski definition) is 7. The molecule has 5 rings (SSSR count). The number of ether oxygens (including phenoxy) is 3. The highest BCUT2D eigenvalue weighted by Gasteiger charge is 2.52. The number of para-hydroxylation sites is 1. The molecule has 0 fully saturated rings. The van der Waals surface area contributed by atoms with Gasteiger partial charge in [-0.05, 0) is 58.9 Å². The van der Waals surface area contributed by atoms with Crippen molar-refractivity contribution in [2.45, 2.75) is 76.8 Å². The first-order valence-electron chi connectivity index (χ1n) is 13.3. The van der Waals surface area contributed by atoms with Crippen molar-refractivity contribution in [2.75, 3.05) is 13.7 Å². The van der Waals surface area contributed by atoms with E-state index < -0.39 is 22.8 Å². The fourth-order valence-electron chi connectivity index (χ4n) is 6.01. The van der Waals surface area contributed by atoms with Gasteiger partial charge in [0.05, 0.1) is 24.6 Å². The number of aliphatic imine (C=N–C) groups is 1. The molecule has 4 atom stereocenters. The van der Waals surface area contributed by atoms with Gasteiger partial charge < -0.3 is 25.3 Å². The van der Waals surface area contributed by atoms with Gasteiger partial charge in [0.15, 0.2) is 11.6 Å². The van der Waals surface area contributed by atoms with E-state index >= 15 is 0 Å². The minimum absolute atomic E-state index is 0.0113. The zero-order chi connectivity index (χ0) is 28.3. The first-order chi connectivity index (χ1) is 18.3. The summed E-state index contributed by atoms with van der Waals surface area (Å²) in [6.45, 7) is 12.0. The maximum Gasteiger partial charge on any atom is 0.251 e. The van der Waals surface area contributed by atoms with Crippen molar-refractivity contribution in [3.8, 4) is 11.5 Å². The van der Waals surface area contributed by atoms with Crippen LogP contribution in [0.1, 0.15) is 81.5 Å². The number of benzene rings is 2. The molecule has 208 valence electrons. The summed E-state index contributed by atoms with van der Waals surface area (Å²) in [4.78, 5) is 33.2. The average Bonchev–Trinajstić information content (AvgIpc) is 3.11. The molecule has 0 spiro atoms. The molecule has 9 nitrogen and oxygen atoms in total. The molecule has 2 amide bonds. The van der Waals surface area contributed by atoms with Crippen molar-refractivity contribution < 1.29 is 23.8 Å². The number of hydrogen-bond donors (Lipinski definition) is 2. The van der Waals surface area contributed by atoms with E-state index in [9.17, 15) is 9.59 Å². The number of methoxy groups -OCH3 is 1. The predicted octanol–water partition coefficient (Wildman–Crippen LogP) is 4.13. The minimum atomic E-state index is -0.929. The van der Waals surface area contributed by atoms with Crippen LogP contribution in [-0.2, 0) is 9.53 Å². The first kappa shape index (κ1) is 27.0. The van der Waals surface area contributed by atoms with Gasteiger partial charge in [-0.25, -0.2) is 4.99 Å². The number of guanidine groups is 1. The van der Waals surface area contributed by atoms with E-state index in [1.165, 1.54) is 4.90 Å². The third-order valence-electron chi connectivity index (χ3n) is 8.20. The molecule has 0 radical (unpaired) electrons. The highest BCUT2D eigenvalue weighted by Crippen LogP contribution is 2.49. The number of carbonyl (C=O) groups is 2. The molecule has 3 aliphatic rings. The van der Waals surface area contributed by atoms with Crippen LogP contribution < -0.4 is 20.5 Å². The molecule has 2 unspecified atom stereocenters. The Labute approximate surface area is 229 Å². The lowest BCUT2D eigenvalue weighted by Gasteiger charge is -2.43. The number of fused-ring (bicyclic) bond motifs is 2. The van der Waals surface area contributed by atoms with Gasteiger partial charge in [0.25, 0.3) is 5.91 Å². The van der Waals surface area contributed by atoms with E-state index in [-0.39, 0.29) is 42.8 Å². The smallest absolute Gasteiger partial charge is 0.251 e. The number of nitrogens with one attached hydrogen (secondary N) is 1. The van der Waals surface area contributed by atoms with Crippen molar-refractivity contribution in [2.24, 2.45) is 16.6 Å². The Balaban J connectivity index is 1.51. The summed E-state index contributed by atoms with van der Waals surface area (Å²) in [6, 6.07) is 12.2. The Morgan fingerprint density at radius 1 is 1.10 bits per heavy atom. The average molecular weight is 535 g/mol. The van der Waals surface area contributed by atoms with Gasteiger partial charge in [0, 0.05) is 29.7 Å². The first-order valence-corrected chi connectivity index (χ1v) is 13.3. The number of amides is 2. The third kappa shape index (κ3) is 4.62. The highest BCUT2D eigenvalue weighted by molar-refractivity contribution is 6.00. The summed E-state index contributed by atoms with van der Waals surface area (Å²) in [5.74, 6) is 1.11. The van der Waals surface area contributed by atoms with Crippen LogP contribution >= 0.6 is 0 Å². The molecule has 3 aliphatic heterocycles. The number of carbonyl (C=O) groups excluding carboxylic acids is 2. The summed E-state index contributed by atoms with van der Waals surface area (Å²) in [7, 11) is 1.58. The quantitative estimate of drug-likeness (QED) is 0.596. The van der Waals surface area contributed by atoms with E-state index in [4.69, 9.17) is 19.9 Å². The Bertz CT molecular complexity index is 1350. The van der Waals surface area contributed by atoms with Gasteiger partial charge in [0.1, 0.15) is 23.1 Å². The zero-order valence-electron chi connectivity index (χ0n) is 23.7. The molecule has 0 saturated carbocycles. The maximum atomic E-state index is 13.7. The Morgan fingerprint density at radius 2 is 1.79 bits per heavy atom. The molecule has 39 heavy (non-hydrogen) atoms. The van der Waals surface area contributed by atoms with Crippen LogP contribution in [0.15, 0.2) is 47.5 Å².